The van der Waals surface area contributed by atoms with Crippen molar-refractivity contribution in [2.75, 3.05) is 13.2 Å². The molecule has 1 aromatic heterocycles. The summed E-state index contributed by atoms with van der Waals surface area (Å²) in [7, 11) is 0. The minimum absolute atomic E-state index is 0.109. The molecule has 1 unspecified atom stereocenters. The fourth-order valence-corrected chi connectivity index (χ4v) is 1.33. The molecular formula is C7H10N2O2. The summed E-state index contributed by atoms with van der Waals surface area (Å²) in [4.78, 5) is 0. The Labute approximate surface area is 64.2 Å². The zero-order chi connectivity index (χ0) is 7.68. The molecule has 0 bridgehead atoms. The molecule has 0 fully saturated rings. The highest BCUT2D eigenvalue weighted by Gasteiger charge is 2.21. The molecule has 2 heterocycles. The number of aliphatic hydroxyl groups is 1. The molecule has 1 aliphatic rings. The third-order valence-corrected chi connectivity index (χ3v) is 1.98. The summed E-state index contributed by atoms with van der Waals surface area (Å²) in [6.45, 7) is 1.32. The van der Waals surface area contributed by atoms with Crippen molar-refractivity contribution in [1.82, 2.24) is 10.2 Å². The van der Waals surface area contributed by atoms with Crippen molar-refractivity contribution >= 4 is 0 Å². The molecule has 1 aliphatic heterocycles. The molecule has 0 amide bonds. The third-order valence-electron chi connectivity index (χ3n) is 1.98. The van der Waals surface area contributed by atoms with E-state index in [1.807, 2.05) is 0 Å². The first kappa shape index (κ1) is 6.82. The van der Waals surface area contributed by atoms with Crippen molar-refractivity contribution in [3.8, 4) is 0 Å². The van der Waals surface area contributed by atoms with E-state index in [-0.39, 0.29) is 12.5 Å². The van der Waals surface area contributed by atoms with Gasteiger partial charge < -0.3 is 9.84 Å². The lowest BCUT2D eigenvalue weighted by atomic mass is 10.0. The molecule has 1 aromatic rings. The molecule has 0 radical (unpaired) electrons. The van der Waals surface area contributed by atoms with Gasteiger partial charge in [-0.3, -0.25) is 5.10 Å². The van der Waals surface area contributed by atoms with E-state index in [9.17, 15) is 0 Å². The Hall–Kier alpha value is -0.870. The minimum atomic E-state index is 0.109. The SMILES string of the molecule is OCC1COCc2[nH]ncc21. The standard InChI is InChI=1S/C7H10N2O2/c10-2-5-3-11-4-7-6(5)1-8-9-7/h1,5,10H,2-4H2,(H,8,9). The maximum absolute atomic E-state index is 8.93. The number of aromatic amines is 1. The van der Waals surface area contributed by atoms with Crippen molar-refractivity contribution in [2.45, 2.75) is 12.5 Å². The molecule has 2 rings (SSSR count). The molecule has 4 nitrogen and oxygen atoms in total. The largest absolute Gasteiger partial charge is 0.396 e. The van der Waals surface area contributed by atoms with Crippen LogP contribution in [-0.4, -0.2) is 28.5 Å². The Bertz CT molecular complexity index is 246. The van der Waals surface area contributed by atoms with Gasteiger partial charge >= 0.3 is 0 Å². The smallest absolute Gasteiger partial charge is 0.0885 e. The van der Waals surface area contributed by atoms with Crippen molar-refractivity contribution < 1.29 is 9.84 Å². The number of hydrogen-bond acceptors (Lipinski definition) is 3. The number of nitrogens with zero attached hydrogens (tertiary/aromatic N) is 1. The van der Waals surface area contributed by atoms with Gasteiger partial charge in [-0.15, -0.1) is 0 Å². The van der Waals surface area contributed by atoms with Gasteiger partial charge in [0.25, 0.3) is 0 Å². The van der Waals surface area contributed by atoms with Gasteiger partial charge in [-0.05, 0) is 0 Å². The molecule has 4 heteroatoms. The summed E-state index contributed by atoms with van der Waals surface area (Å²) in [6.07, 6.45) is 1.76. The second-order valence-electron chi connectivity index (χ2n) is 2.70. The maximum Gasteiger partial charge on any atom is 0.0885 e. The van der Waals surface area contributed by atoms with E-state index in [0.717, 1.165) is 11.3 Å². The molecule has 60 valence electrons. The molecule has 1 atom stereocenters. The van der Waals surface area contributed by atoms with Gasteiger partial charge in [-0.25, -0.2) is 0 Å². The molecular weight excluding hydrogens is 144 g/mol. The van der Waals surface area contributed by atoms with Gasteiger partial charge in [-0.2, -0.15) is 5.10 Å². The zero-order valence-corrected chi connectivity index (χ0v) is 6.08. The second kappa shape index (κ2) is 2.64. The van der Waals surface area contributed by atoms with Crippen LogP contribution in [0.1, 0.15) is 17.2 Å². The highest BCUT2D eigenvalue weighted by atomic mass is 16.5. The van der Waals surface area contributed by atoms with Crippen LogP contribution in [-0.2, 0) is 11.3 Å². The van der Waals surface area contributed by atoms with Gasteiger partial charge in [0.15, 0.2) is 0 Å². The molecule has 2 N–H and O–H groups in total. The summed E-state index contributed by atoms with van der Waals surface area (Å²) < 4.78 is 5.23. The molecule has 11 heavy (non-hydrogen) atoms. The molecule has 0 saturated heterocycles. The topological polar surface area (TPSA) is 58.1 Å². The number of hydrogen-bond donors (Lipinski definition) is 2. The molecule has 0 spiro atoms. The third kappa shape index (κ3) is 1.04. The van der Waals surface area contributed by atoms with Crippen molar-refractivity contribution in [3.05, 3.63) is 17.5 Å². The van der Waals surface area contributed by atoms with E-state index in [1.54, 1.807) is 6.20 Å². The Morgan fingerprint density at radius 1 is 1.82 bits per heavy atom. The summed E-state index contributed by atoms with van der Waals surface area (Å²) >= 11 is 0. The van der Waals surface area contributed by atoms with Gasteiger partial charge in [0, 0.05) is 11.5 Å². The normalized spacial score (nSPS) is 23.2. The average Bonchev–Trinajstić information content (AvgIpc) is 2.50. The van der Waals surface area contributed by atoms with Crippen LogP contribution < -0.4 is 0 Å². The van der Waals surface area contributed by atoms with Gasteiger partial charge in [0.1, 0.15) is 0 Å². The number of H-pyrrole nitrogens is 1. The predicted octanol–water partition coefficient (Wildman–Crippen LogP) is 0.0158. The monoisotopic (exact) mass is 154 g/mol. The summed E-state index contributed by atoms with van der Waals surface area (Å²) in [5.74, 6) is 0.109. The van der Waals surface area contributed by atoms with Crippen LogP contribution in [0.5, 0.6) is 0 Å². The second-order valence-corrected chi connectivity index (χ2v) is 2.70. The number of ether oxygens (including phenoxy) is 1. The lowest BCUT2D eigenvalue weighted by molar-refractivity contribution is 0.0704. The Balaban J connectivity index is 2.32. The Morgan fingerprint density at radius 3 is 3.55 bits per heavy atom. The maximum atomic E-state index is 8.93. The van der Waals surface area contributed by atoms with Crippen LogP contribution >= 0.6 is 0 Å². The van der Waals surface area contributed by atoms with Crippen molar-refractivity contribution in [1.29, 1.82) is 0 Å². The number of nitrogens with one attached hydrogen (secondary N) is 1. The average molecular weight is 154 g/mol. The number of aromatic nitrogens is 2. The Morgan fingerprint density at radius 2 is 2.73 bits per heavy atom. The van der Waals surface area contributed by atoms with Crippen molar-refractivity contribution in [2.24, 2.45) is 0 Å². The van der Waals surface area contributed by atoms with Crippen LogP contribution in [0.15, 0.2) is 6.20 Å². The van der Waals surface area contributed by atoms with Crippen LogP contribution in [0, 0.1) is 0 Å². The van der Waals surface area contributed by atoms with Crippen LogP contribution in [0.2, 0.25) is 0 Å². The number of fused-ring (bicyclic) bond motifs is 1. The van der Waals surface area contributed by atoms with E-state index >= 15 is 0 Å². The van der Waals surface area contributed by atoms with E-state index in [2.05, 4.69) is 10.2 Å². The van der Waals surface area contributed by atoms with Crippen molar-refractivity contribution in [3.63, 3.8) is 0 Å². The highest BCUT2D eigenvalue weighted by molar-refractivity contribution is 5.22. The van der Waals surface area contributed by atoms with Crippen LogP contribution in [0.25, 0.3) is 0 Å². The quantitative estimate of drug-likeness (QED) is 0.599. The highest BCUT2D eigenvalue weighted by Crippen LogP contribution is 2.23. The molecule has 0 aromatic carbocycles. The first-order chi connectivity index (χ1) is 5.42. The predicted molar refractivity (Wildman–Crippen MR) is 38.1 cm³/mol. The van der Waals surface area contributed by atoms with E-state index in [4.69, 9.17) is 9.84 Å². The summed E-state index contributed by atoms with van der Waals surface area (Å²) in [6, 6.07) is 0. The fraction of sp³-hybridized carbons (Fsp3) is 0.571. The lowest BCUT2D eigenvalue weighted by Crippen LogP contribution is -2.18. The number of rotatable bonds is 1. The molecule has 0 saturated carbocycles. The Kier molecular flexibility index (Phi) is 1.63. The zero-order valence-electron chi connectivity index (χ0n) is 6.08. The van der Waals surface area contributed by atoms with E-state index in [0.29, 0.717) is 13.2 Å². The first-order valence-electron chi connectivity index (χ1n) is 3.62. The lowest BCUT2D eigenvalue weighted by Gasteiger charge is -2.19. The summed E-state index contributed by atoms with van der Waals surface area (Å²) in [5, 5.41) is 15.7. The minimum Gasteiger partial charge on any atom is -0.396 e. The van der Waals surface area contributed by atoms with Gasteiger partial charge in [0.05, 0.1) is 31.7 Å². The van der Waals surface area contributed by atoms with Gasteiger partial charge in [-0.1, -0.05) is 0 Å². The number of aliphatic hydroxyl groups excluding tert-OH is 1. The molecule has 0 aliphatic carbocycles. The van der Waals surface area contributed by atoms with Gasteiger partial charge in [0.2, 0.25) is 0 Å². The van der Waals surface area contributed by atoms with Crippen LogP contribution in [0.4, 0.5) is 0 Å². The summed E-state index contributed by atoms with van der Waals surface area (Å²) in [5.41, 5.74) is 2.09. The fourth-order valence-electron chi connectivity index (χ4n) is 1.33. The first-order valence-corrected chi connectivity index (χ1v) is 3.62. The van der Waals surface area contributed by atoms with E-state index < -0.39 is 0 Å². The van der Waals surface area contributed by atoms with Crippen LogP contribution in [0.3, 0.4) is 0 Å². The van der Waals surface area contributed by atoms with E-state index in [1.165, 1.54) is 0 Å².